The summed E-state index contributed by atoms with van der Waals surface area (Å²) in [5.41, 5.74) is 7.08. The van der Waals surface area contributed by atoms with Crippen LogP contribution in [0.25, 0.3) is 0 Å². The minimum atomic E-state index is 0.722. The molecule has 12 heavy (non-hydrogen) atoms. The van der Waals surface area contributed by atoms with Crippen LogP contribution in [0.15, 0.2) is 11.6 Å². The highest BCUT2D eigenvalue weighted by Crippen LogP contribution is 2.50. The van der Waals surface area contributed by atoms with Gasteiger partial charge in [-0.05, 0) is 43.9 Å². The van der Waals surface area contributed by atoms with Crippen molar-refractivity contribution in [3.05, 3.63) is 11.6 Å². The summed E-state index contributed by atoms with van der Waals surface area (Å²) in [6, 6.07) is 0. The van der Waals surface area contributed by atoms with Crippen molar-refractivity contribution in [3.63, 3.8) is 0 Å². The Bertz CT molecular complexity index is 195. The molecule has 1 heteroatoms. The summed E-state index contributed by atoms with van der Waals surface area (Å²) in [6.07, 6.45) is 8.14. The molecule has 0 aromatic rings. The van der Waals surface area contributed by atoms with E-state index in [0.29, 0.717) is 0 Å². The Morgan fingerprint density at radius 1 is 1.42 bits per heavy atom. The lowest BCUT2D eigenvalue weighted by molar-refractivity contribution is 0.377. The molecule has 0 aliphatic heterocycles. The van der Waals surface area contributed by atoms with Crippen molar-refractivity contribution in [2.24, 2.45) is 23.5 Å². The number of fused-ring (bicyclic) bond motifs is 2. The quantitative estimate of drug-likeness (QED) is 0.624. The second-order valence-electron chi connectivity index (χ2n) is 4.47. The topological polar surface area (TPSA) is 26.0 Å². The molecule has 2 aliphatic carbocycles. The maximum absolute atomic E-state index is 5.52. The van der Waals surface area contributed by atoms with Gasteiger partial charge in [0.15, 0.2) is 0 Å². The summed E-state index contributed by atoms with van der Waals surface area (Å²) in [7, 11) is 0. The van der Waals surface area contributed by atoms with Crippen molar-refractivity contribution >= 4 is 0 Å². The van der Waals surface area contributed by atoms with Gasteiger partial charge < -0.3 is 5.73 Å². The first-order chi connectivity index (χ1) is 5.81. The van der Waals surface area contributed by atoms with Crippen molar-refractivity contribution in [1.29, 1.82) is 0 Å². The lowest BCUT2D eigenvalue weighted by Gasteiger charge is -2.22. The molecule has 68 valence electrons. The lowest BCUT2D eigenvalue weighted by atomic mass is 9.84. The largest absolute Gasteiger partial charge is 0.327 e. The average molecular weight is 165 g/mol. The van der Waals surface area contributed by atoms with Gasteiger partial charge in [-0.15, -0.1) is 0 Å². The third-order valence-electron chi connectivity index (χ3n) is 3.76. The van der Waals surface area contributed by atoms with E-state index < -0.39 is 0 Å². The summed E-state index contributed by atoms with van der Waals surface area (Å²) < 4.78 is 0. The summed E-state index contributed by atoms with van der Waals surface area (Å²) >= 11 is 0. The van der Waals surface area contributed by atoms with Gasteiger partial charge in [0.1, 0.15) is 0 Å². The van der Waals surface area contributed by atoms with Gasteiger partial charge in [0.25, 0.3) is 0 Å². The first kappa shape index (κ1) is 8.31. The molecular weight excluding hydrogens is 146 g/mol. The van der Waals surface area contributed by atoms with Gasteiger partial charge >= 0.3 is 0 Å². The molecule has 0 spiro atoms. The minimum absolute atomic E-state index is 0.722. The van der Waals surface area contributed by atoms with Crippen molar-refractivity contribution in [2.75, 3.05) is 6.54 Å². The fraction of sp³-hybridized carbons (Fsp3) is 0.818. The van der Waals surface area contributed by atoms with Gasteiger partial charge in [-0.2, -0.15) is 0 Å². The van der Waals surface area contributed by atoms with Crippen LogP contribution in [0, 0.1) is 17.8 Å². The highest BCUT2D eigenvalue weighted by atomic mass is 14.5. The van der Waals surface area contributed by atoms with Crippen molar-refractivity contribution in [3.8, 4) is 0 Å². The summed E-state index contributed by atoms with van der Waals surface area (Å²) in [4.78, 5) is 0. The Morgan fingerprint density at radius 3 is 2.75 bits per heavy atom. The fourth-order valence-corrected chi connectivity index (χ4v) is 3.14. The number of hydrogen-bond acceptors (Lipinski definition) is 1. The standard InChI is InChI=1S/C11H19N/c1-8(4-5-12)11-7-9-2-3-10(11)6-9/h4,9-11H,2-3,5-7,12H2,1H3/b8-4+. The van der Waals surface area contributed by atoms with Crippen LogP contribution >= 0.6 is 0 Å². The lowest BCUT2D eigenvalue weighted by Crippen LogP contribution is -2.12. The van der Waals surface area contributed by atoms with E-state index in [0.717, 1.165) is 24.3 Å². The van der Waals surface area contributed by atoms with E-state index in [1.165, 1.54) is 25.7 Å². The Labute approximate surface area is 75.0 Å². The molecule has 0 heterocycles. The second-order valence-corrected chi connectivity index (χ2v) is 4.47. The van der Waals surface area contributed by atoms with Crippen molar-refractivity contribution < 1.29 is 0 Å². The minimum Gasteiger partial charge on any atom is -0.327 e. The van der Waals surface area contributed by atoms with Gasteiger partial charge in [-0.25, -0.2) is 0 Å². The zero-order valence-corrected chi connectivity index (χ0v) is 7.92. The summed E-state index contributed by atoms with van der Waals surface area (Å²) in [6.45, 7) is 2.98. The third-order valence-corrected chi connectivity index (χ3v) is 3.76. The molecule has 3 unspecified atom stereocenters. The Balaban J connectivity index is 2.02. The van der Waals surface area contributed by atoms with Crippen LogP contribution in [-0.2, 0) is 0 Å². The van der Waals surface area contributed by atoms with E-state index in [2.05, 4.69) is 13.0 Å². The SMILES string of the molecule is C/C(=C\CN)C1CC2CCC1C2. The van der Waals surface area contributed by atoms with Crippen molar-refractivity contribution in [2.45, 2.75) is 32.6 Å². The zero-order chi connectivity index (χ0) is 8.55. The molecule has 0 amide bonds. The molecular formula is C11H19N. The molecule has 2 rings (SSSR count). The monoisotopic (exact) mass is 165 g/mol. The predicted molar refractivity (Wildman–Crippen MR) is 51.7 cm³/mol. The van der Waals surface area contributed by atoms with Crippen LogP contribution in [0.5, 0.6) is 0 Å². The van der Waals surface area contributed by atoms with E-state index in [1.807, 2.05) is 0 Å². The predicted octanol–water partition coefficient (Wildman–Crippen LogP) is 2.33. The van der Waals surface area contributed by atoms with Crippen LogP contribution in [-0.4, -0.2) is 6.54 Å². The Hall–Kier alpha value is -0.300. The molecule has 0 saturated heterocycles. The third kappa shape index (κ3) is 1.31. The van der Waals surface area contributed by atoms with Gasteiger partial charge in [0.2, 0.25) is 0 Å². The van der Waals surface area contributed by atoms with Gasteiger partial charge in [0, 0.05) is 6.54 Å². The van der Waals surface area contributed by atoms with Crippen LogP contribution in [0.2, 0.25) is 0 Å². The number of allylic oxidation sites excluding steroid dienone is 1. The normalized spacial score (nSPS) is 40.8. The molecule has 2 N–H and O–H groups in total. The van der Waals surface area contributed by atoms with Crippen LogP contribution in [0.1, 0.15) is 32.6 Å². The molecule has 0 aromatic heterocycles. The highest BCUT2D eigenvalue weighted by molar-refractivity contribution is 5.10. The van der Waals surface area contributed by atoms with E-state index in [4.69, 9.17) is 5.73 Å². The van der Waals surface area contributed by atoms with E-state index >= 15 is 0 Å². The van der Waals surface area contributed by atoms with Crippen LogP contribution < -0.4 is 5.73 Å². The summed E-state index contributed by atoms with van der Waals surface area (Å²) in [5, 5.41) is 0. The summed E-state index contributed by atoms with van der Waals surface area (Å²) in [5.74, 6) is 2.96. The maximum atomic E-state index is 5.52. The van der Waals surface area contributed by atoms with Crippen LogP contribution in [0.3, 0.4) is 0 Å². The molecule has 2 bridgehead atoms. The average Bonchev–Trinajstić information content (AvgIpc) is 2.64. The first-order valence-corrected chi connectivity index (χ1v) is 5.18. The first-order valence-electron chi connectivity index (χ1n) is 5.18. The fourth-order valence-electron chi connectivity index (χ4n) is 3.14. The molecule has 2 fully saturated rings. The number of nitrogens with two attached hydrogens (primary N) is 1. The number of hydrogen-bond donors (Lipinski definition) is 1. The van der Waals surface area contributed by atoms with Crippen molar-refractivity contribution in [1.82, 2.24) is 0 Å². The van der Waals surface area contributed by atoms with Gasteiger partial charge in [0.05, 0.1) is 0 Å². The second kappa shape index (κ2) is 3.21. The molecule has 2 aliphatic rings. The smallest absolute Gasteiger partial charge is 0.0109 e. The van der Waals surface area contributed by atoms with Gasteiger partial charge in [-0.1, -0.05) is 18.1 Å². The number of rotatable bonds is 2. The van der Waals surface area contributed by atoms with E-state index in [1.54, 1.807) is 5.57 Å². The Morgan fingerprint density at radius 2 is 2.25 bits per heavy atom. The van der Waals surface area contributed by atoms with E-state index in [-0.39, 0.29) is 0 Å². The maximum Gasteiger partial charge on any atom is 0.0109 e. The molecule has 3 atom stereocenters. The Kier molecular flexibility index (Phi) is 2.22. The molecule has 1 nitrogen and oxygen atoms in total. The molecule has 0 aromatic carbocycles. The molecule has 2 saturated carbocycles. The zero-order valence-electron chi connectivity index (χ0n) is 7.92. The van der Waals surface area contributed by atoms with Crippen LogP contribution in [0.4, 0.5) is 0 Å². The molecule has 0 radical (unpaired) electrons. The van der Waals surface area contributed by atoms with E-state index in [9.17, 15) is 0 Å². The highest BCUT2D eigenvalue weighted by Gasteiger charge is 2.39. The van der Waals surface area contributed by atoms with Gasteiger partial charge in [-0.3, -0.25) is 0 Å².